The minimum absolute atomic E-state index is 0.0465. The molecule has 2 N–H and O–H groups in total. The Morgan fingerprint density at radius 3 is 1.96 bits per heavy atom. The minimum atomic E-state index is -4.32. The van der Waals surface area contributed by atoms with Crippen LogP contribution in [0.3, 0.4) is 0 Å². The molecule has 1 atom stereocenters. The smallest absolute Gasteiger partial charge is 0.268 e. The van der Waals surface area contributed by atoms with Gasteiger partial charge in [-0.1, -0.05) is 57.6 Å². The van der Waals surface area contributed by atoms with Crippen LogP contribution in [0.2, 0.25) is 0 Å². The van der Waals surface area contributed by atoms with Gasteiger partial charge in [-0.2, -0.15) is 16.8 Å². The lowest BCUT2D eigenvalue weighted by molar-refractivity contribution is 0.460. The largest absolute Gasteiger partial charge is 0.286 e. The number of hydrogen-bond donors (Lipinski definition) is 2. The van der Waals surface area contributed by atoms with Gasteiger partial charge in [0.25, 0.3) is 20.2 Å². The van der Waals surface area contributed by atoms with Gasteiger partial charge in [-0.3, -0.25) is 9.11 Å². The Balaban J connectivity index is 3.98. The van der Waals surface area contributed by atoms with Crippen LogP contribution < -0.4 is 0 Å². The maximum atomic E-state index is 11.2. The van der Waals surface area contributed by atoms with Crippen LogP contribution in [0, 0.1) is 0 Å². The highest BCUT2D eigenvalue weighted by Gasteiger charge is 2.23. The van der Waals surface area contributed by atoms with Gasteiger partial charge < -0.3 is 0 Å². The van der Waals surface area contributed by atoms with Crippen molar-refractivity contribution < 1.29 is 25.9 Å². The Kier molecular flexibility index (Phi) is 11.8. The van der Waals surface area contributed by atoms with E-state index < -0.39 is 31.2 Å². The molecule has 23 heavy (non-hydrogen) atoms. The SMILES string of the molecule is CCCCCCCCC/C=C/CC(CCS(=O)(=O)O)S(=O)(=O)O. The molecule has 0 aliphatic carbocycles. The second-order valence-corrected chi connectivity index (χ2v) is 9.10. The summed E-state index contributed by atoms with van der Waals surface area (Å²) in [4.78, 5) is 0. The van der Waals surface area contributed by atoms with Crippen molar-refractivity contribution in [2.75, 3.05) is 5.75 Å². The first kappa shape index (κ1) is 22.6. The lowest BCUT2D eigenvalue weighted by Gasteiger charge is -2.10. The van der Waals surface area contributed by atoms with Crippen LogP contribution in [-0.4, -0.2) is 36.9 Å². The van der Waals surface area contributed by atoms with Crippen molar-refractivity contribution in [2.24, 2.45) is 0 Å². The predicted molar refractivity (Wildman–Crippen MR) is 92.7 cm³/mol. The topological polar surface area (TPSA) is 109 Å². The summed E-state index contributed by atoms with van der Waals surface area (Å²) in [5.41, 5.74) is 0. The third-order valence-electron chi connectivity index (χ3n) is 3.66. The molecular formula is C15H30O6S2. The van der Waals surface area contributed by atoms with E-state index in [0.717, 1.165) is 19.3 Å². The van der Waals surface area contributed by atoms with Crippen LogP contribution in [0.5, 0.6) is 0 Å². The van der Waals surface area contributed by atoms with Crippen molar-refractivity contribution >= 4 is 20.2 Å². The molecule has 138 valence electrons. The highest BCUT2D eigenvalue weighted by atomic mass is 32.2. The third kappa shape index (κ3) is 14.9. The van der Waals surface area contributed by atoms with Gasteiger partial charge in [0.15, 0.2) is 0 Å². The summed E-state index contributed by atoms with van der Waals surface area (Å²) in [6.07, 6.45) is 12.5. The molecule has 0 aromatic rings. The van der Waals surface area contributed by atoms with Gasteiger partial charge in [-0.15, -0.1) is 0 Å². The van der Waals surface area contributed by atoms with E-state index in [-0.39, 0.29) is 12.8 Å². The Bertz CT molecular complexity index is 522. The quantitative estimate of drug-likeness (QED) is 0.275. The van der Waals surface area contributed by atoms with Gasteiger partial charge in [-0.25, -0.2) is 0 Å². The van der Waals surface area contributed by atoms with Crippen molar-refractivity contribution in [1.29, 1.82) is 0 Å². The van der Waals surface area contributed by atoms with Gasteiger partial charge in [0.1, 0.15) is 0 Å². The van der Waals surface area contributed by atoms with Gasteiger partial charge in [0.2, 0.25) is 0 Å². The maximum absolute atomic E-state index is 11.2. The molecule has 0 aromatic heterocycles. The molecule has 0 aliphatic heterocycles. The van der Waals surface area contributed by atoms with E-state index in [2.05, 4.69) is 6.92 Å². The monoisotopic (exact) mass is 370 g/mol. The highest BCUT2D eigenvalue weighted by Crippen LogP contribution is 2.13. The predicted octanol–water partition coefficient (Wildman–Crippen LogP) is 3.61. The average Bonchev–Trinajstić information content (AvgIpc) is 2.41. The van der Waals surface area contributed by atoms with Crippen LogP contribution in [0.1, 0.15) is 71.1 Å². The Morgan fingerprint density at radius 1 is 0.870 bits per heavy atom. The molecular weight excluding hydrogens is 340 g/mol. The second-order valence-electron chi connectivity index (χ2n) is 5.83. The fraction of sp³-hybridized carbons (Fsp3) is 0.867. The van der Waals surface area contributed by atoms with Gasteiger partial charge in [0, 0.05) is 0 Å². The molecule has 0 bridgehead atoms. The van der Waals surface area contributed by atoms with E-state index in [9.17, 15) is 16.8 Å². The molecule has 0 fully saturated rings. The molecule has 1 unspecified atom stereocenters. The highest BCUT2D eigenvalue weighted by molar-refractivity contribution is 7.87. The molecule has 0 saturated heterocycles. The molecule has 0 aliphatic rings. The Morgan fingerprint density at radius 2 is 1.43 bits per heavy atom. The summed E-state index contributed by atoms with van der Waals surface area (Å²) in [5.74, 6) is -0.678. The van der Waals surface area contributed by atoms with Crippen molar-refractivity contribution in [3.63, 3.8) is 0 Å². The second kappa shape index (κ2) is 12.0. The first-order valence-corrected chi connectivity index (χ1v) is 11.3. The molecule has 0 aromatic carbocycles. The summed E-state index contributed by atoms with van der Waals surface area (Å²) in [7, 11) is -8.56. The summed E-state index contributed by atoms with van der Waals surface area (Å²) in [6, 6.07) is 0. The first-order chi connectivity index (χ1) is 10.7. The summed E-state index contributed by atoms with van der Waals surface area (Å²) < 4.78 is 61.4. The van der Waals surface area contributed by atoms with Gasteiger partial charge >= 0.3 is 0 Å². The molecule has 0 radical (unpaired) electrons. The van der Waals surface area contributed by atoms with Crippen LogP contribution in [0.4, 0.5) is 0 Å². The molecule has 0 amide bonds. The lowest BCUT2D eigenvalue weighted by Crippen LogP contribution is -2.23. The average molecular weight is 371 g/mol. The van der Waals surface area contributed by atoms with Gasteiger partial charge in [-0.05, 0) is 25.7 Å². The standard InChI is InChI=1S/C15H30O6S2/c1-2-3-4-5-6-7-8-9-10-11-12-15(23(19,20)21)13-14-22(16,17)18/h10-11,15H,2-9,12-14H2,1H3,(H,16,17,18)(H,19,20,21)/b11-10+. The van der Waals surface area contributed by atoms with Crippen LogP contribution >= 0.6 is 0 Å². The van der Waals surface area contributed by atoms with E-state index in [1.807, 2.05) is 6.08 Å². The zero-order valence-corrected chi connectivity index (χ0v) is 15.5. The Hall–Kier alpha value is -0.440. The number of hydrogen-bond acceptors (Lipinski definition) is 4. The molecule has 0 heterocycles. The van der Waals surface area contributed by atoms with E-state index >= 15 is 0 Å². The first-order valence-electron chi connectivity index (χ1n) is 8.23. The minimum Gasteiger partial charge on any atom is -0.286 e. The van der Waals surface area contributed by atoms with Crippen LogP contribution in [0.15, 0.2) is 12.2 Å². The van der Waals surface area contributed by atoms with E-state index in [1.165, 1.54) is 32.1 Å². The van der Waals surface area contributed by atoms with Crippen LogP contribution in [-0.2, 0) is 20.2 Å². The van der Waals surface area contributed by atoms with E-state index in [0.29, 0.717) is 0 Å². The van der Waals surface area contributed by atoms with Gasteiger partial charge in [0.05, 0.1) is 11.0 Å². The van der Waals surface area contributed by atoms with Crippen molar-refractivity contribution in [3.8, 4) is 0 Å². The van der Waals surface area contributed by atoms with Crippen molar-refractivity contribution in [3.05, 3.63) is 12.2 Å². The molecule has 0 spiro atoms. The fourth-order valence-electron chi connectivity index (χ4n) is 2.25. The summed E-state index contributed by atoms with van der Waals surface area (Å²) in [6.45, 7) is 2.18. The molecule has 0 rings (SSSR count). The maximum Gasteiger partial charge on any atom is 0.268 e. The van der Waals surface area contributed by atoms with E-state index in [4.69, 9.17) is 9.11 Å². The number of unbranched alkanes of at least 4 members (excludes halogenated alkanes) is 7. The van der Waals surface area contributed by atoms with Crippen molar-refractivity contribution in [1.82, 2.24) is 0 Å². The van der Waals surface area contributed by atoms with Crippen molar-refractivity contribution in [2.45, 2.75) is 76.4 Å². The molecule has 6 nitrogen and oxygen atoms in total. The summed E-state index contributed by atoms with van der Waals surface area (Å²) >= 11 is 0. The molecule has 8 heteroatoms. The van der Waals surface area contributed by atoms with E-state index in [1.54, 1.807) is 6.08 Å². The van der Waals surface area contributed by atoms with Crippen LogP contribution in [0.25, 0.3) is 0 Å². The normalized spacial score (nSPS) is 14.4. The summed E-state index contributed by atoms with van der Waals surface area (Å²) in [5, 5.41) is -1.20. The number of allylic oxidation sites excluding steroid dienone is 2. The molecule has 0 saturated carbocycles. The number of rotatable bonds is 14. The lowest BCUT2D eigenvalue weighted by atomic mass is 10.1. The third-order valence-corrected chi connectivity index (χ3v) is 5.68. The Labute approximate surface area is 140 Å². The zero-order chi connectivity index (χ0) is 17.8. The fourth-order valence-corrected chi connectivity index (χ4v) is 3.76. The zero-order valence-electron chi connectivity index (χ0n) is 13.9.